The van der Waals surface area contributed by atoms with Crippen molar-refractivity contribution < 1.29 is 4.79 Å². The largest absolute Gasteiger partial charge is 0.305 e. The van der Waals surface area contributed by atoms with E-state index >= 15 is 0 Å². The van der Waals surface area contributed by atoms with Crippen molar-refractivity contribution in [1.82, 2.24) is 14.8 Å². The number of halogens is 1. The van der Waals surface area contributed by atoms with E-state index in [0.717, 1.165) is 9.26 Å². The number of hydrogen-bond donors (Lipinski definition) is 1. The summed E-state index contributed by atoms with van der Waals surface area (Å²) >= 11 is 2.20. The smallest absolute Gasteiger partial charge is 0.256 e. The van der Waals surface area contributed by atoms with Crippen molar-refractivity contribution >= 4 is 34.3 Å². The second-order valence-electron chi connectivity index (χ2n) is 4.68. The van der Waals surface area contributed by atoms with Crippen LogP contribution in [-0.2, 0) is 6.54 Å². The molecule has 0 aliphatic carbocycles. The number of carbonyl (C=O) groups is 1. The molecule has 3 aromatic rings. The molecule has 0 bridgehead atoms. The minimum Gasteiger partial charge on any atom is -0.305 e. The molecule has 0 aliphatic rings. The van der Waals surface area contributed by atoms with Crippen molar-refractivity contribution in [2.24, 2.45) is 0 Å². The van der Waals surface area contributed by atoms with Gasteiger partial charge in [-0.1, -0.05) is 6.07 Å². The minimum atomic E-state index is -0.167. The zero-order valence-corrected chi connectivity index (χ0v) is 13.8. The van der Waals surface area contributed by atoms with E-state index in [4.69, 9.17) is 0 Å². The summed E-state index contributed by atoms with van der Waals surface area (Å²) in [5.74, 6) is 0.360. The van der Waals surface area contributed by atoms with Crippen LogP contribution in [0.5, 0.6) is 0 Å². The first-order valence-corrected chi connectivity index (χ1v) is 7.79. The molecule has 0 spiro atoms. The summed E-state index contributed by atoms with van der Waals surface area (Å²) in [5.41, 5.74) is 1.53. The van der Waals surface area contributed by atoms with Gasteiger partial charge in [-0.15, -0.1) is 0 Å². The first-order chi connectivity index (χ1) is 10.7. The second kappa shape index (κ2) is 6.69. The molecule has 0 atom stereocenters. The fourth-order valence-corrected chi connectivity index (χ4v) is 2.32. The van der Waals surface area contributed by atoms with Gasteiger partial charge in [0.25, 0.3) is 5.91 Å². The number of carbonyl (C=O) groups excluding carboxylic acids is 1. The number of pyridine rings is 1. The first kappa shape index (κ1) is 14.7. The second-order valence-corrected chi connectivity index (χ2v) is 5.93. The van der Waals surface area contributed by atoms with Crippen LogP contribution in [0.4, 0.5) is 5.82 Å². The third-order valence-electron chi connectivity index (χ3n) is 3.04. The molecule has 0 fully saturated rings. The van der Waals surface area contributed by atoms with Gasteiger partial charge >= 0.3 is 0 Å². The lowest BCUT2D eigenvalue weighted by molar-refractivity contribution is 0.102. The maximum absolute atomic E-state index is 12.1. The summed E-state index contributed by atoms with van der Waals surface area (Å²) < 4.78 is 2.83. The van der Waals surface area contributed by atoms with Crippen LogP contribution in [0.3, 0.4) is 0 Å². The highest BCUT2D eigenvalue weighted by molar-refractivity contribution is 14.1. The van der Waals surface area contributed by atoms with Gasteiger partial charge in [-0.2, -0.15) is 5.10 Å². The molecule has 2 heterocycles. The van der Waals surface area contributed by atoms with Gasteiger partial charge in [-0.05, 0) is 59.0 Å². The van der Waals surface area contributed by atoms with E-state index in [2.05, 4.69) is 38.0 Å². The predicted molar refractivity (Wildman–Crippen MR) is 92.7 cm³/mol. The van der Waals surface area contributed by atoms with Gasteiger partial charge in [0, 0.05) is 27.6 Å². The Labute approximate surface area is 141 Å². The fourth-order valence-electron chi connectivity index (χ4n) is 1.96. The number of aromatic nitrogens is 3. The number of benzene rings is 1. The molecule has 1 N–H and O–H groups in total. The van der Waals surface area contributed by atoms with E-state index in [1.54, 1.807) is 29.1 Å². The summed E-state index contributed by atoms with van der Waals surface area (Å²) in [4.78, 5) is 16.4. The average molecular weight is 404 g/mol. The molecule has 0 saturated carbocycles. The molecule has 5 nitrogen and oxygen atoms in total. The van der Waals surface area contributed by atoms with E-state index in [1.807, 2.05) is 36.5 Å². The van der Waals surface area contributed by atoms with Crippen LogP contribution in [0.2, 0.25) is 0 Å². The molecular formula is C16H13IN4O. The van der Waals surface area contributed by atoms with Gasteiger partial charge in [-0.3, -0.25) is 14.5 Å². The van der Waals surface area contributed by atoms with Gasteiger partial charge in [0.1, 0.15) is 0 Å². The number of hydrogen-bond acceptors (Lipinski definition) is 3. The third kappa shape index (κ3) is 3.70. The molecule has 1 amide bonds. The molecule has 0 unspecified atom stereocenters. The van der Waals surface area contributed by atoms with Crippen molar-refractivity contribution in [3.8, 4) is 0 Å². The number of amides is 1. The Kier molecular flexibility index (Phi) is 4.47. The SMILES string of the molecule is O=C(Nc1ccn(Cc2ccccn2)n1)c1ccc(I)cc1. The Morgan fingerprint density at radius 2 is 1.95 bits per heavy atom. The van der Waals surface area contributed by atoms with Gasteiger partial charge in [-0.25, -0.2) is 0 Å². The Morgan fingerprint density at radius 1 is 1.14 bits per heavy atom. The van der Waals surface area contributed by atoms with Crippen molar-refractivity contribution in [1.29, 1.82) is 0 Å². The van der Waals surface area contributed by atoms with Crippen molar-refractivity contribution in [3.63, 3.8) is 0 Å². The van der Waals surface area contributed by atoms with Crippen molar-refractivity contribution in [3.05, 3.63) is 75.8 Å². The summed E-state index contributed by atoms with van der Waals surface area (Å²) in [5, 5.41) is 7.12. The molecule has 2 aromatic heterocycles. The van der Waals surface area contributed by atoms with E-state index < -0.39 is 0 Å². The molecule has 6 heteroatoms. The third-order valence-corrected chi connectivity index (χ3v) is 3.76. The van der Waals surface area contributed by atoms with Crippen LogP contribution in [0.25, 0.3) is 0 Å². The van der Waals surface area contributed by atoms with Gasteiger partial charge in [0.15, 0.2) is 5.82 Å². The standard InChI is InChI=1S/C16H13IN4O/c17-13-6-4-12(5-7-13)16(22)19-15-8-10-21(20-15)11-14-3-1-2-9-18-14/h1-10H,11H2,(H,19,20,22). The van der Waals surface area contributed by atoms with Crippen LogP contribution in [0.1, 0.15) is 16.1 Å². The van der Waals surface area contributed by atoms with E-state index in [1.165, 1.54) is 0 Å². The quantitative estimate of drug-likeness (QED) is 0.680. The molecular weight excluding hydrogens is 391 g/mol. The number of anilines is 1. The Hall–Kier alpha value is -2.22. The topological polar surface area (TPSA) is 59.8 Å². The number of nitrogens with zero attached hydrogens (tertiary/aromatic N) is 3. The molecule has 0 radical (unpaired) electrons. The molecule has 1 aromatic carbocycles. The lowest BCUT2D eigenvalue weighted by Gasteiger charge is -2.03. The van der Waals surface area contributed by atoms with Crippen LogP contribution < -0.4 is 5.32 Å². The Bertz CT molecular complexity index is 768. The highest BCUT2D eigenvalue weighted by Crippen LogP contribution is 2.10. The van der Waals surface area contributed by atoms with Crippen molar-refractivity contribution in [2.45, 2.75) is 6.54 Å². The monoisotopic (exact) mass is 404 g/mol. The number of nitrogens with one attached hydrogen (secondary N) is 1. The average Bonchev–Trinajstić information content (AvgIpc) is 2.96. The summed E-state index contributed by atoms with van der Waals surface area (Å²) in [7, 11) is 0. The van der Waals surface area contributed by atoms with Gasteiger partial charge < -0.3 is 5.32 Å². The highest BCUT2D eigenvalue weighted by atomic mass is 127. The molecule has 0 saturated heterocycles. The Balaban J connectivity index is 1.66. The molecule has 0 aliphatic heterocycles. The zero-order chi connectivity index (χ0) is 15.4. The van der Waals surface area contributed by atoms with Crippen molar-refractivity contribution in [2.75, 3.05) is 5.32 Å². The number of rotatable bonds is 4. The van der Waals surface area contributed by atoms with E-state index in [0.29, 0.717) is 17.9 Å². The van der Waals surface area contributed by atoms with Crippen LogP contribution in [0.15, 0.2) is 60.9 Å². The summed E-state index contributed by atoms with van der Waals surface area (Å²) in [6, 6.07) is 14.9. The lowest BCUT2D eigenvalue weighted by atomic mass is 10.2. The molecule has 110 valence electrons. The predicted octanol–water partition coefficient (Wildman–Crippen LogP) is 3.18. The maximum atomic E-state index is 12.1. The van der Waals surface area contributed by atoms with E-state index in [-0.39, 0.29) is 5.91 Å². The fraction of sp³-hybridized carbons (Fsp3) is 0.0625. The zero-order valence-electron chi connectivity index (χ0n) is 11.6. The molecule has 22 heavy (non-hydrogen) atoms. The maximum Gasteiger partial charge on any atom is 0.256 e. The lowest BCUT2D eigenvalue weighted by Crippen LogP contribution is -2.12. The Morgan fingerprint density at radius 3 is 2.68 bits per heavy atom. The summed E-state index contributed by atoms with van der Waals surface area (Å²) in [6.07, 6.45) is 3.57. The highest BCUT2D eigenvalue weighted by Gasteiger charge is 2.08. The first-order valence-electron chi connectivity index (χ1n) is 6.71. The van der Waals surface area contributed by atoms with Crippen LogP contribution in [0, 0.1) is 3.57 Å². The van der Waals surface area contributed by atoms with Crippen LogP contribution >= 0.6 is 22.6 Å². The normalized spacial score (nSPS) is 10.4. The summed E-state index contributed by atoms with van der Waals surface area (Å²) in [6.45, 7) is 0.570. The minimum absolute atomic E-state index is 0.167. The van der Waals surface area contributed by atoms with Gasteiger partial charge in [0.05, 0.1) is 12.2 Å². The van der Waals surface area contributed by atoms with Crippen LogP contribution in [-0.4, -0.2) is 20.7 Å². The van der Waals surface area contributed by atoms with E-state index in [9.17, 15) is 4.79 Å². The molecule has 3 rings (SSSR count). The van der Waals surface area contributed by atoms with Gasteiger partial charge in [0.2, 0.25) is 0 Å².